The normalized spacial score (nSPS) is 23.6. The van der Waals surface area contributed by atoms with Crippen molar-refractivity contribution < 1.29 is 4.92 Å². The molecular formula is C13H19N3O2. The van der Waals surface area contributed by atoms with Crippen LogP contribution in [0.5, 0.6) is 0 Å². The minimum atomic E-state index is -0.475. The maximum absolute atomic E-state index is 10.5. The summed E-state index contributed by atoms with van der Waals surface area (Å²) in [7, 11) is 0. The van der Waals surface area contributed by atoms with Crippen molar-refractivity contribution in [3.63, 3.8) is 0 Å². The molecule has 1 N–H and O–H groups in total. The van der Waals surface area contributed by atoms with E-state index in [9.17, 15) is 10.1 Å². The number of nitrogens with zero attached hydrogens (tertiary/aromatic N) is 2. The van der Waals surface area contributed by atoms with Crippen molar-refractivity contribution in [1.29, 1.82) is 0 Å². The van der Waals surface area contributed by atoms with Crippen molar-refractivity contribution in [1.82, 2.24) is 4.98 Å². The first-order valence-electron chi connectivity index (χ1n) is 6.56. The van der Waals surface area contributed by atoms with Crippen LogP contribution in [-0.2, 0) is 0 Å². The molecule has 1 aromatic heterocycles. The van der Waals surface area contributed by atoms with E-state index >= 15 is 0 Å². The number of aromatic nitrogens is 1. The standard InChI is InChI=1S/C13H19N3O2/c1-2-10-4-3-5-11(8-10)15-12-6-7-13(14-9-12)16(17)18/h6-7,9-11,15H,2-5,8H2,1H3. The van der Waals surface area contributed by atoms with Gasteiger partial charge in [0.2, 0.25) is 0 Å². The minimum Gasteiger partial charge on any atom is -0.379 e. The summed E-state index contributed by atoms with van der Waals surface area (Å²) < 4.78 is 0. The highest BCUT2D eigenvalue weighted by Crippen LogP contribution is 2.28. The fourth-order valence-corrected chi connectivity index (χ4v) is 2.61. The molecule has 0 spiro atoms. The van der Waals surface area contributed by atoms with Crippen molar-refractivity contribution in [3.05, 3.63) is 28.4 Å². The quantitative estimate of drug-likeness (QED) is 0.656. The lowest BCUT2D eigenvalue weighted by molar-refractivity contribution is -0.389. The number of nitro groups is 1. The van der Waals surface area contributed by atoms with Gasteiger partial charge in [-0.3, -0.25) is 0 Å². The van der Waals surface area contributed by atoms with Crippen LogP contribution in [0.1, 0.15) is 39.0 Å². The first-order chi connectivity index (χ1) is 8.69. The fourth-order valence-electron chi connectivity index (χ4n) is 2.61. The van der Waals surface area contributed by atoms with Crippen molar-refractivity contribution >= 4 is 11.5 Å². The molecule has 2 unspecified atom stereocenters. The largest absolute Gasteiger partial charge is 0.379 e. The molecule has 0 aliphatic heterocycles. The first-order valence-corrected chi connectivity index (χ1v) is 6.56. The van der Waals surface area contributed by atoms with Crippen molar-refractivity contribution in [3.8, 4) is 0 Å². The lowest BCUT2D eigenvalue weighted by Crippen LogP contribution is -2.27. The summed E-state index contributed by atoms with van der Waals surface area (Å²) in [5.74, 6) is 0.706. The average Bonchev–Trinajstić information content (AvgIpc) is 2.39. The van der Waals surface area contributed by atoms with Crippen LogP contribution in [0.15, 0.2) is 18.3 Å². The molecule has 5 nitrogen and oxygen atoms in total. The zero-order chi connectivity index (χ0) is 13.0. The summed E-state index contributed by atoms with van der Waals surface area (Å²) in [5.41, 5.74) is 0.877. The van der Waals surface area contributed by atoms with Gasteiger partial charge in [0.25, 0.3) is 0 Å². The van der Waals surface area contributed by atoms with Gasteiger partial charge in [-0.2, -0.15) is 0 Å². The minimum absolute atomic E-state index is 0.101. The molecule has 2 atom stereocenters. The number of hydrogen-bond donors (Lipinski definition) is 1. The summed E-state index contributed by atoms with van der Waals surface area (Å²) in [6.07, 6.45) is 7.73. The zero-order valence-corrected chi connectivity index (χ0v) is 10.6. The molecule has 1 aromatic rings. The molecule has 1 saturated carbocycles. The van der Waals surface area contributed by atoms with Gasteiger partial charge in [-0.25, -0.2) is 0 Å². The molecule has 5 heteroatoms. The molecule has 18 heavy (non-hydrogen) atoms. The number of rotatable bonds is 4. The van der Waals surface area contributed by atoms with Crippen LogP contribution in [0.2, 0.25) is 0 Å². The van der Waals surface area contributed by atoms with E-state index in [-0.39, 0.29) is 5.82 Å². The second kappa shape index (κ2) is 5.80. The molecule has 0 saturated heterocycles. The lowest BCUT2D eigenvalue weighted by Gasteiger charge is -2.29. The molecule has 0 aromatic carbocycles. The fraction of sp³-hybridized carbons (Fsp3) is 0.615. The van der Waals surface area contributed by atoms with E-state index in [1.165, 1.54) is 38.2 Å². The third-order valence-electron chi connectivity index (χ3n) is 3.67. The van der Waals surface area contributed by atoms with Gasteiger partial charge in [-0.1, -0.05) is 26.2 Å². The first kappa shape index (κ1) is 12.8. The average molecular weight is 249 g/mol. The van der Waals surface area contributed by atoms with Crippen LogP contribution >= 0.6 is 0 Å². The lowest BCUT2D eigenvalue weighted by atomic mass is 9.84. The van der Waals surface area contributed by atoms with Gasteiger partial charge in [0, 0.05) is 12.1 Å². The third-order valence-corrected chi connectivity index (χ3v) is 3.67. The number of hydrogen-bond acceptors (Lipinski definition) is 4. The van der Waals surface area contributed by atoms with Crippen LogP contribution < -0.4 is 5.32 Å². The number of anilines is 1. The Morgan fingerprint density at radius 3 is 2.94 bits per heavy atom. The Hall–Kier alpha value is -1.65. The molecule has 0 radical (unpaired) electrons. The molecule has 0 amide bonds. The van der Waals surface area contributed by atoms with E-state index in [4.69, 9.17) is 0 Å². The number of nitrogens with one attached hydrogen (secondary N) is 1. The van der Waals surface area contributed by atoms with Gasteiger partial charge in [0.1, 0.15) is 0 Å². The van der Waals surface area contributed by atoms with Gasteiger partial charge in [-0.15, -0.1) is 0 Å². The van der Waals surface area contributed by atoms with Crippen LogP contribution in [0, 0.1) is 16.0 Å². The Morgan fingerprint density at radius 2 is 2.33 bits per heavy atom. The molecule has 1 aliphatic rings. The summed E-state index contributed by atoms with van der Waals surface area (Å²) >= 11 is 0. The van der Waals surface area contributed by atoms with Gasteiger partial charge >= 0.3 is 5.82 Å². The molecule has 98 valence electrons. The highest BCUT2D eigenvalue weighted by atomic mass is 16.6. The SMILES string of the molecule is CCC1CCCC(Nc2ccc([N+](=O)[O-])nc2)C1. The Balaban J connectivity index is 1.94. The van der Waals surface area contributed by atoms with Gasteiger partial charge < -0.3 is 15.4 Å². The summed E-state index contributed by atoms with van der Waals surface area (Å²) in [6, 6.07) is 3.66. The maximum atomic E-state index is 10.5. The third kappa shape index (κ3) is 3.18. The van der Waals surface area contributed by atoms with Crippen LogP contribution in [0.25, 0.3) is 0 Å². The van der Waals surface area contributed by atoms with Crippen LogP contribution in [0.3, 0.4) is 0 Å². The molecule has 1 fully saturated rings. The highest BCUT2D eigenvalue weighted by Gasteiger charge is 2.20. The van der Waals surface area contributed by atoms with E-state index in [2.05, 4.69) is 17.2 Å². The van der Waals surface area contributed by atoms with Gasteiger partial charge in [0.15, 0.2) is 6.20 Å². The van der Waals surface area contributed by atoms with E-state index in [1.807, 2.05) is 0 Å². The van der Waals surface area contributed by atoms with Crippen LogP contribution in [-0.4, -0.2) is 15.9 Å². The van der Waals surface area contributed by atoms with E-state index in [0.717, 1.165) is 11.6 Å². The van der Waals surface area contributed by atoms with Gasteiger partial charge in [-0.05, 0) is 34.7 Å². The topological polar surface area (TPSA) is 68.1 Å². The van der Waals surface area contributed by atoms with E-state index in [1.54, 1.807) is 12.3 Å². The summed E-state index contributed by atoms with van der Waals surface area (Å²) in [5, 5.41) is 13.9. The smallest absolute Gasteiger partial charge is 0.363 e. The highest BCUT2D eigenvalue weighted by molar-refractivity contribution is 5.44. The Labute approximate surface area is 107 Å². The van der Waals surface area contributed by atoms with E-state index in [0.29, 0.717) is 6.04 Å². The molecule has 0 bridgehead atoms. The predicted octanol–water partition coefficient (Wildman–Crippen LogP) is 3.37. The van der Waals surface area contributed by atoms with Crippen LogP contribution in [0.4, 0.5) is 11.5 Å². The monoisotopic (exact) mass is 249 g/mol. The molecular weight excluding hydrogens is 230 g/mol. The zero-order valence-electron chi connectivity index (χ0n) is 10.6. The van der Waals surface area contributed by atoms with Crippen molar-refractivity contribution in [2.75, 3.05) is 5.32 Å². The van der Waals surface area contributed by atoms with Crippen molar-refractivity contribution in [2.45, 2.75) is 45.1 Å². The maximum Gasteiger partial charge on any atom is 0.363 e. The van der Waals surface area contributed by atoms with Gasteiger partial charge in [0.05, 0.1) is 5.69 Å². The Kier molecular flexibility index (Phi) is 4.12. The Bertz CT molecular complexity index is 405. The van der Waals surface area contributed by atoms with E-state index < -0.39 is 4.92 Å². The second-order valence-electron chi connectivity index (χ2n) is 4.94. The predicted molar refractivity (Wildman–Crippen MR) is 70.6 cm³/mol. The van der Waals surface area contributed by atoms with Crippen molar-refractivity contribution in [2.24, 2.45) is 5.92 Å². The summed E-state index contributed by atoms with van der Waals surface area (Å²) in [4.78, 5) is 13.9. The Morgan fingerprint density at radius 1 is 1.50 bits per heavy atom. The molecule has 2 rings (SSSR count). The second-order valence-corrected chi connectivity index (χ2v) is 4.94. The molecule has 1 heterocycles. The number of pyridine rings is 1. The molecule has 1 aliphatic carbocycles. The summed E-state index contributed by atoms with van der Waals surface area (Å²) in [6.45, 7) is 2.24.